The number of halogens is 2. The Balaban J connectivity index is 2.69. The van der Waals surface area contributed by atoms with Crippen molar-refractivity contribution in [2.24, 2.45) is 0 Å². The zero-order valence-corrected chi connectivity index (χ0v) is 9.86. The lowest BCUT2D eigenvalue weighted by Gasteiger charge is -2.05. The minimum atomic E-state index is -0.735. The first kappa shape index (κ1) is 11.7. The van der Waals surface area contributed by atoms with Crippen molar-refractivity contribution in [2.45, 2.75) is 13.8 Å². The van der Waals surface area contributed by atoms with Crippen LogP contribution in [0.3, 0.4) is 0 Å². The van der Waals surface area contributed by atoms with Crippen LogP contribution in [0.25, 0.3) is 5.69 Å². The molecule has 5 nitrogen and oxygen atoms in total. The monoisotopic (exact) mass is 254 g/mol. The van der Waals surface area contributed by atoms with Gasteiger partial charge in [-0.25, -0.2) is 14.1 Å². The summed E-state index contributed by atoms with van der Waals surface area (Å²) in [6.07, 6.45) is 1.33. The quantitative estimate of drug-likeness (QED) is 0.607. The Labute approximate surface area is 101 Å². The molecule has 0 atom stereocenters. The average molecular weight is 255 g/mol. The van der Waals surface area contributed by atoms with Gasteiger partial charge in [0, 0.05) is 13.1 Å². The molecule has 7 heteroatoms. The molecule has 0 fully saturated rings. The largest absolute Gasteiger partial charge is 0.293 e. The van der Waals surface area contributed by atoms with Crippen LogP contribution in [0.15, 0.2) is 12.3 Å². The SMILES string of the molecule is CC(=O)c1c(C)nnn1-c1ccnc(Cl)c1F. The smallest absolute Gasteiger partial charge is 0.186 e. The maximum Gasteiger partial charge on any atom is 0.186 e. The van der Waals surface area contributed by atoms with Gasteiger partial charge in [0.1, 0.15) is 11.4 Å². The van der Waals surface area contributed by atoms with E-state index < -0.39 is 5.82 Å². The van der Waals surface area contributed by atoms with Crippen LogP contribution in [-0.2, 0) is 0 Å². The number of aromatic nitrogens is 4. The van der Waals surface area contributed by atoms with E-state index in [1.54, 1.807) is 6.92 Å². The van der Waals surface area contributed by atoms with Gasteiger partial charge in [-0.05, 0) is 13.0 Å². The molecule has 0 saturated carbocycles. The normalized spacial score (nSPS) is 10.6. The number of carbonyl (C=O) groups is 1. The molecule has 0 bridgehead atoms. The van der Waals surface area contributed by atoms with Gasteiger partial charge in [0.2, 0.25) is 0 Å². The van der Waals surface area contributed by atoms with E-state index in [2.05, 4.69) is 15.3 Å². The summed E-state index contributed by atoms with van der Waals surface area (Å²) in [6, 6.07) is 1.38. The summed E-state index contributed by atoms with van der Waals surface area (Å²) in [5, 5.41) is 7.20. The van der Waals surface area contributed by atoms with Crippen LogP contribution in [0.2, 0.25) is 5.15 Å². The number of aryl methyl sites for hydroxylation is 1. The van der Waals surface area contributed by atoms with Crippen molar-refractivity contribution in [1.82, 2.24) is 20.0 Å². The Morgan fingerprint density at radius 2 is 2.24 bits per heavy atom. The lowest BCUT2D eigenvalue weighted by molar-refractivity contribution is 0.101. The minimum absolute atomic E-state index is 0.0517. The molecule has 0 amide bonds. The van der Waals surface area contributed by atoms with Gasteiger partial charge < -0.3 is 0 Å². The summed E-state index contributed by atoms with van der Waals surface area (Å²) < 4.78 is 14.9. The lowest BCUT2D eigenvalue weighted by Crippen LogP contribution is -2.09. The summed E-state index contributed by atoms with van der Waals surface area (Å²) in [7, 11) is 0. The predicted octanol–water partition coefficient (Wildman–Crippen LogP) is 1.97. The molecule has 0 aliphatic heterocycles. The van der Waals surface area contributed by atoms with Gasteiger partial charge in [-0.15, -0.1) is 5.10 Å². The van der Waals surface area contributed by atoms with Gasteiger partial charge in [-0.3, -0.25) is 4.79 Å². The number of pyridine rings is 1. The molecule has 2 aromatic rings. The van der Waals surface area contributed by atoms with E-state index in [1.807, 2.05) is 0 Å². The third-order valence-corrected chi connectivity index (χ3v) is 2.49. The highest BCUT2D eigenvalue weighted by Crippen LogP contribution is 2.20. The van der Waals surface area contributed by atoms with Crippen molar-refractivity contribution in [1.29, 1.82) is 0 Å². The standard InChI is InChI=1S/C10H8ClFN4O/c1-5-9(6(2)17)16(15-14-5)7-3-4-13-10(11)8(7)12/h3-4H,1-2H3. The third-order valence-electron chi connectivity index (χ3n) is 2.23. The van der Waals surface area contributed by atoms with Crippen molar-refractivity contribution in [3.8, 4) is 5.69 Å². The Kier molecular flexibility index (Phi) is 2.89. The van der Waals surface area contributed by atoms with Gasteiger partial charge in [0.05, 0.1) is 5.69 Å². The number of hydrogen-bond acceptors (Lipinski definition) is 4. The number of ketones is 1. The van der Waals surface area contributed by atoms with Gasteiger partial charge in [0.25, 0.3) is 0 Å². The van der Waals surface area contributed by atoms with Crippen molar-refractivity contribution >= 4 is 17.4 Å². The number of Topliss-reactive ketones (excluding diaryl/α,β-unsaturated/α-hetero) is 1. The Morgan fingerprint density at radius 1 is 1.53 bits per heavy atom. The van der Waals surface area contributed by atoms with Gasteiger partial charge in [-0.2, -0.15) is 0 Å². The molecule has 0 spiro atoms. The molecule has 88 valence electrons. The first-order valence-electron chi connectivity index (χ1n) is 4.76. The predicted molar refractivity (Wildman–Crippen MR) is 58.9 cm³/mol. The van der Waals surface area contributed by atoms with Gasteiger partial charge >= 0.3 is 0 Å². The zero-order valence-electron chi connectivity index (χ0n) is 9.11. The first-order chi connectivity index (χ1) is 8.02. The highest BCUT2D eigenvalue weighted by Gasteiger charge is 2.19. The van der Waals surface area contributed by atoms with Crippen LogP contribution in [0.1, 0.15) is 23.1 Å². The number of nitrogens with zero attached hydrogens (tertiary/aromatic N) is 4. The van der Waals surface area contributed by atoms with Crippen molar-refractivity contribution < 1.29 is 9.18 Å². The van der Waals surface area contributed by atoms with E-state index in [1.165, 1.54) is 19.2 Å². The molecule has 0 N–H and O–H groups in total. The molecule has 0 saturated heterocycles. The minimum Gasteiger partial charge on any atom is -0.293 e. The van der Waals surface area contributed by atoms with Crippen molar-refractivity contribution in [2.75, 3.05) is 0 Å². The van der Waals surface area contributed by atoms with Crippen molar-refractivity contribution in [3.63, 3.8) is 0 Å². The van der Waals surface area contributed by atoms with E-state index in [0.717, 1.165) is 4.68 Å². The van der Waals surface area contributed by atoms with E-state index in [9.17, 15) is 9.18 Å². The molecule has 0 aromatic carbocycles. The summed E-state index contributed by atoms with van der Waals surface area (Å²) in [5.41, 5.74) is 0.715. The Bertz CT molecular complexity index is 596. The fraction of sp³-hybridized carbons (Fsp3) is 0.200. The molecule has 2 rings (SSSR count). The van der Waals surface area contributed by atoms with Crippen LogP contribution < -0.4 is 0 Å². The summed E-state index contributed by atoms with van der Waals surface area (Å²) in [4.78, 5) is 15.0. The fourth-order valence-corrected chi connectivity index (χ4v) is 1.66. The van der Waals surface area contributed by atoms with E-state index in [0.29, 0.717) is 5.69 Å². The van der Waals surface area contributed by atoms with Gasteiger partial charge in [-0.1, -0.05) is 16.8 Å². The summed E-state index contributed by atoms with van der Waals surface area (Å²) in [6.45, 7) is 2.99. The van der Waals surface area contributed by atoms with Crippen LogP contribution >= 0.6 is 11.6 Å². The molecule has 0 aliphatic rings. The number of hydrogen-bond donors (Lipinski definition) is 0. The molecule has 17 heavy (non-hydrogen) atoms. The molecule has 0 unspecified atom stereocenters. The molecule has 0 radical (unpaired) electrons. The maximum atomic E-state index is 13.7. The first-order valence-corrected chi connectivity index (χ1v) is 5.13. The highest BCUT2D eigenvalue weighted by atomic mass is 35.5. The molecule has 2 heterocycles. The van der Waals surface area contributed by atoms with Crippen LogP contribution in [0.5, 0.6) is 0 Å². The fourth-order valence-electron chi connectivity index (χ4n) is 1.50. The molecule has 2 aromatic heterocycles. The second-order valence-corrected chi connectivity index (χ2v) is 3.78. The lowest BCUT2D eigenvalue weighted by atomic mass is 10.2. The second kappa shape index (κ2) is 4.21. The van der Waals surface area contributed by atoms with Gasteiger partial charge in [0.15, 0.2) is 16.8 Å². The van der Waals surface area contributed by atoms with Crippen molar-refractivity contribution in [3.05, 3.63) is 34.6 Å². The summed E-state index contributed by atoms with van der Waals surface area (Å²) >= 11 is 5.57. The molecular weight excluding hydrogens is 247 g/mol. The van der Waals surface area contributed by atoms with Crippen LogP contribution in [0, 0.1) is 12.7 Å². The summed E-state index contributed by atoms with van der Waals surface area (Å²) in [5.74, 6) is -0.985. The second-order valence-electron chi connectivity index (χ2n) is 3.43. The van der Waals surface area contributed by atoms with E-state index in [-0.39, 0.29) is 22.3 Å². The molecule has 0 aliphatic carbocycles. The van der Waals surface area contributed by atoms with Crippen LogP contribution in [0.4, 0.5) is 4.39 Å². The number of carbonyl (C=O) groups excluding carboxylic acids is 1. The topological polar surface area (TPSA) is 60.7 Å². The zero-order chi connectivity index (χ0) is 12.6. The van der Waals surface area contributed by atoms with E-state index in [4.69, 9.17) is 11.6 Å². The number of rotatable bonds is 2. The third kappa shape index (κ3) is 1.91. The van der Waals surface area contributed by atoms with E-state index >= 15 is 0 Å². The average Bonchev–Trinajstić information content (AvgIpc) is 2.64. The molecular formula is C10H8ClFN4O. The van der Waals surface area contributed by atoms with Crippen LogP contribution in [-0.4, -0.2) is 25.8 Å². The highest BCUT2D eigenvalue weighted by molar-refractivity contribution is 6.29. The maximum absolute atomic E-state index is 13.7. The Hall–Kier alpha value is -1.82. The Morgan fingerprint density at radius 3 is 2.88 bits per heavy atom.